The maximum atomic E-state index is 11.9. The Hall–Kier alpha value is -2.21. The molecule has 6 heteroatoms. The molecule has 0 saturated heterocycles. The fourth-order valence-electron chi connectivity index (χ4n) is 1.80. The number of aryl methyl sites for hydroxylation is 2. The largest absolute Gasteiger partial charge is 0.348 e. The first-order valence-electron chi connectivity index (χ1n) is 6.58. The molecule has 21 heavy (non-hydrogen) atoms. The number of aromatic nitrogens is 1. The van der Waals surface area contributed by atoms with E-state index in [9.17, 15) is 9.59 Å². The molecule has 1 aromatic carbocycles. The lowest BCUT2D eigenvalue weighted by Gasteiger charge is -2.07. The number of rotatable bonds is 5. The van der Waals surface area contributed by atoms with Crippen LogP contribution in [0.3, 0.4) is 0 Å². The van der Waals surface area contributed by atoms with Crippen molar-refractivity contribution in [1.82, 2.24) is 15.6 Å². The van der Waals surface area contributed by atoms with Crippen molar-refractivity contribution in [3.63, 3.8) is 0 Å². The molecule has 2 rings (SSSR count). The Kier molecular flexibility index (Phi) is 5.05. The van der Waals surface area contributed by atoms with Crippen molar-refractivity contribution in [2.75, 3.05) is 6.54 Å². The molecule has 0 bridgehead atoms. The first kappa shape index (κ1) is 15.2. The topological polar surface area (TPSA) is 71.1 Å². The van der Waals surface area contributed by atoms with E-state index >= 15 is 0 Å². The predicted molar refractivity (Wildman–Crippen MR) is 82.2 cm³/mol. The second-order valence-corrected chi connectivity index (χ2v) is 5.60. The molecule has 0 fully saturated rings. The van der Waals surface area contributed by atoms with E-state index in [0.717, 1.165) is 16.3 Å². The molecule has 0 saturated carbocycles. The van der Waals surface area contributed by atoms with Gasteiger partial charge < -0.3 is 10.6 Å². The molecule has 2 N–H and O–H groups in total. The summed E-state index contributed by atoms with van der Waals surface area (Å²) in [6.45, 7) is 4.11. The quantitative estimate of drug-likeness (QED) is 0.885. The molecule has 0 aliphatic rings. The molecule has 0 aliphatic heterocycles. The van der Waals surface area contributed by atoms with Crippen LogP contribution in [0.15, 0.2) is 29.6 Å². The van der Waals surface area contributed by atoms with Gasteiger partial charge >= 0.3 is 0 Å². The Morgan fingerprint density at radius 3 is 2.62 bits per heavy atom. The standard InChI is InChI=1S/C15H17N3O2S/c1-10-5-3-4-6-12(10)15(20)17-7-13(19)16-8-14-18-11(2)9-21-14/h3-6,9H,7-8H2,1-2H3,(H,16,19)(H,17,20). The number of hydrogen-bond acceptors (Lipinski definition) is 4. The number of carbonyl (C=O) groups is 2. The van der Waals surface area contributed by atoms with Crippen molar-refractivity contribution < 1.29 is 9.59 Å². The molecule has 0 atom stereocenters. The summed E-state index contributed by atoms with van der Waals surface area (Å²) in [6, 6.07) is 7.27. The van der Waals surface area contributed by atoms with Gasteiger partial charge in [-0.05, 0) is 25.5 Å². The summed E-state index contributed by atoms with van der Waals surface area (Å²) in [5.74, 6) is -0.474. The van der Waals surface area contributed by atoms with E-state index in [-0.39, 0.29) is 18.4 Å². The van der Waals surface area contributed by atoms with Crippen molar-refractivity contribution in [2.24, 2.45) is 0 Å². The highest BCUT2D eigenvalue weighted by atomic mass is 32.1. The summed E-state index contributed by atoms with van der Waals surface area (Å²) < 4.78 is 0. The first-order valence-corrected chi connectivity index (χ1v) is 7.46. The average Bonchev–Trinajstić information content (AvgIpc) is 2.89. The number of nitrogens with one attached hydrogen (secondary N) is 2. The molecule has 1 heterocycles. The second-order valence-electron chi connectivity index (χ2n) is 4.66. The van der Waals surface area contributed by atoms with Gasteiger partial charge in [-0.1, -0.05) is 18.2 Å². The fourth-order valence-corrected chi connectivity index (χ4v) is 2.52. The Labute approximate surface area is 127 Å². The number of hydrogen-bond donors (Lipinski definition) is 2. The molecule has 0 unspecified atom stereocenters. The van der Waals surface area contributed by atoms with E-state index in [1.54, 1.807) is 12.1 Å². The Morgan fingerprint density at radius 2 is 1.95 bits per heavy atom. The zero-order valence-corrected chi connectivity index (χ0v) is 12.8. The highest BCUT2D eigenvalue weighted by molar-refractivity contribution is 7.09. The summed E-state index contributed by atoms with van der Waals surface area (Å²) >= 11 is 1.50. The normalized spacial score (nSPS) is 10.2. The monoisotopic (exact) mass is 303 g/mol. The lowest BCUT2D eigenvalue weighted by Crippen LogP contribution is -2.36. The van der Waals surface area contributed by atoms with Crippen LogP contribution in [0, 0.1) is 13.8 Å². The summed E-state index contributed by atoms with van der Waals surface area (Å²) in [5.41, 5.74) is 2.41. The zero-order valence-electron chi connectivity index (χ0n) is 12.0. The van der Waals surface area contributed by atoms with Crippen molar-refractivity contribution in [1.29, 1.82) is 0 Å². The van der Waals surface area contributed by atoms with E-state index in [4.69, 9.17) is 0 Å². The summed E-state index contributed by atoms with van der Waals surface area (Å²) in [4.78, 5) is 27.9. The Balaban J connectivity index is 1.79. The SMILES string of the molecule is Cc1csc(CNC(=O)CNC(=O)c2ccccc2C)n1. The number of nitrogens with zero attached hydrogens (tertiary/aromatic N) is 1. The van der Waals surface area contributed by atoms with Gasteiger partial charge in [-0.3, -0.25) is 9.59 Å². The molecule has 110 valence electrons. The number of amides is 2. The van der Waals surface area contributed by atoms with Crippen LogP contribution in [-0.2, 0) is 11.3 Å². The molecule has 0 radical (unpaired) electrons. The van der Waals surface area contributed by atoms with Gasteiger partial charge in [0.15, 0.2) is 0 Å². The van der Waals surface area contributed by atoms with E-state index in [0.29, 0.717) is 12.1 Å². The fraction of sp³-hybridized carbons (Fsp3) is 0.267. The van der Waals surface area contributed by atoms with Gasteiger partial charge in [-0.15, -0.1) is 11.3 Å². The van der Waals surface area contributed by atoms with E-state index < -0.39 is 0 Å². The van der Waals surface area contributed by atoms with E-state index in [1.807, 2.05) is 31.4 Å². The molecule has 5 nitrogen and oxygen atoms in total. The molecule has 0 aliphatic carbocycles. The molecular weight excluding hydrogens is 286 g/mol. The van der Waals surface area contributed by atoms with Gasteiger partial charge in [0, 0.05) is 16.6 Å². The van der Waals surface area contributed by atoms with Gasteiger partial charge in [-0.25, -0.2) is 4.98 Å². The van der Waals surface area contributed by atoms with Crippen LogP contribution < -0.4 is 10.6 Å². The van der Waals surface area contributed by atoms with Gasteiger partial charge in [0.25, 0.3) is 5.91 Å². The van der Waals surface area contributed by atoms with Crippen LogP contribution in [-0.4, -0.2) is 23.3 Å². The Morgan fingerprint density at radius 1 is 1.19 bits per heavy atom. The van der Waals surface area contributed by atoms with Crippen LogP contribution in [0.1, 0.15) is 26.6 Å². The minimum absolute atomic E-state index is 0.0441. The smallest absolute Gasteiger partial charge is 0.251 e. The van der Waals surface area contributed by atoms with Gasteiger partial charge in [0.05, 0.1) is 13.1 Å². The maximum Gasteiger partial charge on any atom is 0.251 e. The van der Waals surface area contributed by atoms with E-state index in [2.05, 4.69) is 15.6 Å². The summed E-state index contributed by atoms with van der Waals surface area (Å²) in [5, 5.41) is 8.13. The third-order valence-corrected chi connectivity index (χ3v) is 3.87. The van der Waals surface area contributed by atoms with Crippen LogP contribution in [0.4, 0.5) is 0 Å². The minimum atomic E-state index is -0.242. The van der Waals surface area contributed by atoms with Gasteiger partial charge in [-0.2, -0.15) is 0 Å². The lowest BCUT2D eigenvalue weighted by molar-refractivity contribution is -0.120. The van der Waals surface area contributed by atoms with Crippen LogP contribution in [0.2, 0.25) is 0 Å². The van der Waals surface area contributed by atoms with Gasteiger partial charge in [0.2, 0.25) is 5.91 Å². The number of thiazole rings is 1. The number of benzene rings is 1. The van der Waals surface area contributed by atoms with Crippen molar-refractivity contribution in [3.8, 4) is 0 Å². The minimum Gasteiger partial charge on any atom is -0.348 e. The summed E-state index contributed by atoms with van der Waals surface area (Å²) in [6.07, 6.45) is 0. The van der Waals surface area contributed by atoms with E-state index in [1.165, 1.54) is 11.3 Å². The average molecular weight is 303 g/mol. The van der Waals surface area contributed by atoms with Crippen LogP contribution >= 0.6 is 11.3 Å². The third kappa shape index (κ3) is 4.39. The van der Waals surface area contributed by atoms with Crippen molar-refractivity contribution in [3.05, 3.63) is 51.5 Å². The van der Waals surface area contributed by atoms with Crippen LogP contribution in [0.25, 0.3) is 0 Å². The molecular formula is C15H17N3O2S. The highest BCUT2D eigenvalue weighted by Crippen LogP contribution is 2.08. The first-order chi connectivity index (χ1) is 10.1. The predicted octanol–water partition coefficient (Wildman–Crippen LogP) is 1.81. The van der Waals surface area contributed by atoms with Crippen molar-refractivity contribution >= 4 is 23.2 Å². The van der Waals surface area contributed by atoms with Crippen LogP contribution in [0.5, 0.6) is 0 Å². The highest BCUT2D eigenvalue weighted by Gasteiger charge is 2.10. The third-order valence-electron chi connectivity index (χ3n) is 2.90. The molecule has 2 amide bonds. The lowest BCUT2D eigenvalue weighted by atomic mass is 10.1. The number of carbonyl (C=O) groups excluding carboxylic acids is 2. The zero-order chi connectivity index (χ0) is 15.2. The molecule has 1 aromatic heterocycles. The molecule has 0 spiro atoms. The molecule has 2 aromatic rings. The summed E-state index contributed by atoms with van der Waals surface area (Å²) in [7, 11) is 0. The van der Waals surface area contributed by atoms with Gasteiger partial charge in [0.1, 0.15) is 5.01 Å². The second kappa shape index (κ2) is 6.99. The maximum absolute atomic E-state index is 11.9. The Bertz CT molecular complexity index is 652. The van der Waals surface area contributed by atoms with Crippen molar-refractivity contribution in [2.45, 2.75) is 20.4 Å².